The minimum atomic E-state index is -2.80. The van der Waals surface area contributed by atoms with E-state index in [9.17, 15) is 8.42 Å². The zero-order chi connectivity index (χ0) is 12.1. The van der Waals surface area contributed by atoms with E-state index < -0.39 is 9.84 Å². The molecule has 0 saturated heterocycles. The Bertz CT molecular complexity index is 268. The first-order chi connectivity index (χ1) is 6.68. The minimum Gasteiger partial charge on any atom is -0.328 e. The van der Waals surface area contributed by atoms with Gasteiger partial charge in [0.1, 0.15) is 9.84 Å². The molecule has 4 heteroatoms. The van der Waals surface area contributed by atoms with Gasteiger partial charge in [-0.15, -0.1) is 0 Å². The van der Waals surface area contributed by atoms with Crippen LogP contribution in [0.15, 0.2) is 0 Å². The summed E-state index contributed by atoms with van der Waals surface area (Å²) in [6.45, 7) is 7.98. The van der Waals surface area contributed by atoms with E-state index in [0.29, 0.717) is 5.75 Å². The van der Waals surface area contributed by atoms with Crippen molar-refractivity contribution in [1.29, 1.82) is 0 Å². The van der Waals surface area contributed by atoms with Gasteiger partial charge in [0.05, 0.1) is 5.75 Å². The quantitative estimate of drug-likeness (QED) is 0.734. The van der Waals surface area contributed by atoms with Crippen LogP contribution in [0.5, 0.6) is 0 Å². The molecule has 3 nitrogen and oxygen atoms in total. The zero-order valence-corrected chi connectivity index (χ0v) is 11.2. The highest BCUT2D eigenvalue weighted by atomic mass is 32.2. The Morgan fingerprint density at radius 3 is 2.27 bits per heavy atom. The van der Waals surface area contributed by atoms with Crippen LogP contribution in [0.2, 0.25) is 0 Å². The van der Waals surface area contributed by atoms with Gasteiger partial charge in [0.25, 0.3) is 0 Å². The number of sulfone groups is 1. The zero-order valence-electron chi connectivity index (χ0n) is 10.4. The standard InChI is InChI=1S/C11H25NO2S/c1-5-15(13,14)8-6-7-11(3,4)9-10(2)12/h10H,5-9,12H2,1-4H3. The summed E-state index contributed by atoms with van der Waals surface area (Å²) in [7, 11) is -2.80. The first-order valence-corrected chi connectivity index (χ1v) is 7.47. The van der Waals surface area contributed by atoms with Crippen molar-refractivity contribution in [3.05, 3.63) is 0 Å². The Balaban J connectivity index is 3.95. The maximum absolute atomic E-state index is 11.3. The van der Waals surface area contributed by atoms with Crippen LogP contribution in [0.3, 0.4) is 0 Å². The molecule has 0 heterocycles. The topological polar surface area (TPSA) is 60.2 Å². The van der Waals surface area contributed by atoms with Crippen molar-refractivity contribution in [2.75, 3.05) is 11.5 Å². The van der Waals surface area contributed by atoms with Crippen molar-refractivity contribution < 1.29 is 8.42 Å². The highest BCUT2D eigenvalue weighted by Gasteiger charge is 2.20. The van der Waals surface area contributed by atoms with Gasteiger partial charge in [-0.1, -0.05) is 20.8 Å². The van der Waals surface area contributed by atoms with Gasteiger partial charge in [-0.05, 0) is 31.6 Å². The summed E-state index contributed by atoms with van der Waals surface area (Å²) in [6, 6.07) is 0.183. The molecule has 0 aromatic carbocycles. The van der Waals surface area contributed by atoms with Crippen LogP contribution in [-0.4, -0.2) is 26.0 Å². The van der Waals surface area contributed by atoms with E-state index >= 15 is 0 Å². The first kappa shape index (κ1) is 14.9. The van der Waals surface area contributed by atoms with Crippen LogP contribution in [-0.2, 0) is 9.84 Å². The lowest BCUT2D eigenvalue weighted by molar-refractivity contribution is 0.285. The van der Waals surface area contributed by atoms with Gasteiger partial charge in [-0.25, -0.2) is 8.42 Å². The Morgan fingerprint density at radius 1 is 1.33 bits per heavy atom. The van der Waals surface area contributed by atoms with Gasteiger partial charge in [-0.3, -0.25) is 0 Å². The summed E-state index contributed by atoms with van der Waals surface area (Å²) < 4.78 is 22.6. The molecule has 0 amide bonds. The summed E-state index contributed by atoms with van der Waals surface area (Å²) in [5.74, 6) is 0.562. The molecule has 92 valence electrons. The summed E-state index contributed by atoms with van der Waals surface area (Å²) in [5.41, 5.74) is 5.89. The Hall–Kier alpha value is -0.0900. The van der Waals surface area contributed by atoms with Gasteiger partial charge in [0, 0.05) is 11.8 Å². The first-order valence-electron chi connectivity index (χ1n) is 5.64. The molecule has 0 aliphatic rings. The molecule has 1 atom stereocenters. The third kappa shape index (κ3) is 7.79. The van der Waals surface area contributed by atoms with Crippen LogP contribution in [0, 0.1) is 5.41 Å². The highest BCUT2D eigenvalue weighted by molar-refractivity contribution is 7.91. The number of nitrogens with two attached hydrogens (primary N) is 1. The van der Waals surface area contributed by atoms with Crippen molar-refractivity contribution in [3.8, 4) is 0 Å². The highest BCUT2D eigenvalue weighted by Crippen LogP contribution is 2.27. The smallest absolute Gasteiger partial charge is 0.150 e. The minimum absolute atomic E-state index is 0.150. The van der Waals surface area contributed by atoms with Gasteiger partial charge < -0.3 is 5.73 Å². The average Bonchev–Trinajstić information content (AvgIpc) is 2.00. The van der Waals surface area contributed by atoms with Crippen molar-refractivity contribution in [1.82, 2.24) is 0 Å². The van der Waals surface area contributed by atoms with Crippen LogP contribution in [0.25, 0.3) is 0 Å². The molecule has 2 N–H and O–H groups in total. The molecular weight excluding hydrogens is 210 g/mol. The van der Waals surface area contributed by atoms with Gasteiger partial charge in [0.15, 0.2) is 0 Å². The predicted octanol–water partition coefficient (Wildman–Crippen LogP) is 1.96. The average molecular weight is 235 g/mol. The van der Waals surface area contributed by atoms with E-state index in [1.165, 1.54) is 0 Å². The van der Waals surface area contributed by atoms with Crippen LogP contribution >= 0.6 is 0 Å². The molecule has 0 aromatic rings. The third-order valence-electron chi connectivity index (χ3n) is 2.62. The molecule has 0 aromatic heterocycles. The second kappa shape index (κ2) is 5.85. The van der Waals surface area contributed by atoms with Crippen molar-refractivity contribution >= 4 is 9.84 Å². The largest absolute Gasteiger partial charge is 0.328 e. The molecule has 0 rings (SSSR count). The second-order valence-electron chi connectivity index (χ2n) is 5.19. The Labute approximate surface area is 94.4 Å². The van der Waals surface area contributed by atoms with E-state index in [2.05, 4.69) is 13.8 Å². The van der Waals surface area contributed by atoms with E-state index in [-0.39, 0.29) is 17.2 Å². The molecule has 0 aliphatic carbocycles. The normalized spacial score (nSPS) is 15.3. The Kier molecular flexibility index (Phi) is 5.81. The monoisotopic (exact) mass is 235 g/mol. The summed E-state index contributed by atoms with van der Waals surface area (Å²) in [5, 5.41) is 0. The lowest BCUT2D eigenvalue weighted by Gasteiger charge is -2.26. The van der Waals surface area contributed by atoms with Crippen LogP contribution < -0.4 is 5.73 Å². The van der Waals surface area contributed by atoms with E-state index in [1.807, 2.05) is 6.92 Å². The van der Waals surface area contributed by atoms with Crippen LogP contribution in [0.1, 0.15) is 47.0 Å². The SMILES string of the molecule is CCS(=O)(=O)CCCC(C)(C)CC(C)N. The maximum Gasteiger partial charge on any atom is 0.150 e. The number of rotatable bonds is 7. The van der Waals surface area contributed by atoms with Crippen molar-refractivity contribution in [2.45, 2.75) is 53.0 Å². The summed E-state index contributed by atoms with van der Waals surface area (Å²) in [6.07, 6.45) is 2.61. The fourth-order valence-corrected chi connectivity index (χ4v) is 2.76. The van der Waals surface area contributed by atoms with Gasteiger partial charge in [0.2, 0.25) is 0 Å². The third-order valence-corrected chi connectivity index (χ3v) is 4.41. The molecule has 0 fully saturated rings. The number of hydrogen-bond acceptors (Lipinski definition) is 3. The molecular formula is C11H25NO2S. The molecule has 1 unspecified atom stereocenters. The van der Waals surface area contributed by atoms with Crippen LogP contribution in [0.4, 0.5) is 0 Å². The molecule has 0 spiro atoms. The molecule has 0 saturated carbocycles. The maximum atomic E-state index is 11.3. The lowest BCUT2D eigenvalue weighted by atomic mass is 9.82. The van der Waals surface area contributed by atoms with E-state index in [1.54, 1.807) is 6.92 Å². The predicted molar refractivity (Wildman–Crippen MR) is 65.6 cm³/mol. The molecule has 0 bridgehead atoms. The van der Waals surface area contributed by atoms with Crippen molar-refractivity contribution in [2.24, 2.45) is 11.1 Å². The summed E-state index contributed by atoms with van der Waals surface area (Å²) >= 11 is 0. The fourth-order valence-electron chi connectivity index (χ4n) is 1.89. The summed E-state index contributed by atoms with van der Waals surface area (Å²) in [4.78, 5) is 0. The fraction of sp³-hybridized carbons (Fsp3) is 1.00. The molecule has 0 aliphatic heterocycles. The molecule has 15 heavy (non-hydrogen) atoms. The molecule has 0 radical (unpaired) electrons. The van der Waals surface area contributed by atoms with E-state index in [0.717, 1.165) is 19.3 Å². The van der Waals surface area contributed by atoms with Gasteiger partial charge >= 0.3 is 0 Å². The van der Waals surface area contributed by atoms with Crippen molar-refractivity contribution in [3.63, 3.8) is 0 Å². The van der Waals surface area contributed by atoms with E-state index in [4.69, 9.17) is 5.73 Å². The number of hydrogen-bond donors (Lipinski definition) is 1. The van der Waals surface area contributed by atoms with Gasteiger partial charge in [-0.2, -0.15) is 0 Å². The second-order valence-corrected chi connectivity index (χ2v) is 7.66. The lowest BCUT2D eigenvalue weighted by Crippen LogP contribution is -2.25. The Morgan fingerprint density at radius 2 is 1.87 bits per heavy atom.